The Morgan fingerprint density at radius 2 is 2.05 bits per heavy atom. The zero-order valence-corrected chi connectivity index (χ0v) is 12.0. The molecule has 1 aromatic carbocycles. The molecule has 2 rings (SSSR count). The SMILES string of the molecule is CCNCc1c(C)[nH]c2ccc(N(C)C)cc2c1=O. The van der Waals surface area contributed by atoms with Crippen LogP contribution in [0.4, 0.5) is 5.69 Å². The molecule has 0 saturated heterocycles. The summed E-state index contributed by atoms with van der Waals surface area (Å²) < 4.78 is 0. The largest absolute Gasteiger partial charge is 0.378 e. The van der Waals surface area contributed by atoms with Crippen molar-refractivity contribution in [2.75, 3.05) is 25.5 Å². The Labute approximate surface area is 113 Å². The number of fused-ring (bicyclic) bond motifs is 1. The van der Waals surface area contributed by atoms with Gasteiger partial charge in [0.2, 0.25) is 0 Å². The number of nitrogens with one attached hydrogen (secondary N) is 2. The normalized spacial score (nSPS) is 10.9. The van der Waals surface area contributed by atoms with Crippen molar-refractivity contribution in [3.05, 3.63) is 39.7 Å². The number of H-pyrrole nitrogens is 1. The Kier molecular flexibility index (Phi) is 3.90. The van der Waals surface area contributed by atoms with Gasteiger partial charge in [0, 0.05) is 48.5 Å². The summed E-state index contributed by atoms with van der Waals surface area (Å²) in [6.07, 6.45) is 0. The van der Waals surface area contributed by atoms with Crippen LogP contribution < -0.4 is 15.6 Å². The highest BCUT2D eigenvalue weighted by atomic mass is 16.1. The molecule has 19 heavy (non-hydrogen) atoms. The van der Waals surface area contributed by atoms with Crippen molar-refractivity contribution in [3.8, 4) is 0 Å². The predicted molar refractivity (Wildman–Crippen MR) is 81.0 cm³/mol. The van der Waals surface area contributed by atoms with Crippen LogP contribution in [-0.2, 0) is 6.54 Å². The summed E-state index contributed by atoms with van der Waals surface area (Å²) in [6, 6.07) is 5.93. The van der Waals surface area contributed by atoms with Crippen LogP contribution in [0.1, 0.15) is 18.2 Å². The number of aromatic amines is 1. The van der Waals surface area contributed by atoms with Gasteiger partial charge in [0.25, 0.3) is 0 Å². The van der Waals surface area contributed by atoms with E-state index in [-0.39, 0.29) is 5.43 Å². The maximum absolute atomic E-state index is 12.6. The molecule has 0 radical (unpaired) electrons. The van der Waals surface area contributed by atoms with E-state index in [1.165, 1.54) is 0 Å². The maximum Gasteiger partial charge on any atom is 0.194 e. The number of benzene rings is 1. The quantitative estimate of drug-likeness (QED) is 0.883. The second kappa shape index (κ2) is 5.45. The van der Waals surface area contributed by atoms with Gasteiger partial charge in [-0.2, -0.15) is 0 Å². The summed E-state index contributed by atoms with van der Waals surface area (Å²) in [4.78, 5) is 17.9. The molecule has 0 aliphatic rings. The van der Waals surface area contributed by atoms with E-state index in [1.807, 2.05) is 51.0 Å². The van der Waals surface area contributed by atoms with Crippen LogP contribution >= 0.6 is 0 Å². The van der Waals surface area contributed by atoms with Crippen LogP contribution in [0.15, 0.2) is 23.0 Å². The number of aryl methyl sites for hydroxylation is 1. The second-order valence-electron chi connectivity index (χ2n) is 4.96. The van der Waals surface area contributed by atoms with E-state index < -0.39 is 0 Å². The summed E-state index contributed by atoms with van der Waals surface area (Å²) in [7, 11) is 3.95. The van der Waals surface area contributed by atoms with Crippen LogP contribution in [0.25, 0.3) is 10.9 Å². The van der Waals surface area contributed by atoms with Crippen LogP contribution in [0, 0.1) is 6.92 Å². The van der Waals surface area contributed by atoms with Gasteiger partial charge in [0.05, 0.1) is 0 Å². The van der Waals surface area contributed by atoms with Gasteiger partial charge in [-0.3, -0.25) is 4.79 Å². The van der Waals surface area contributed by atoms with E-state index in [1.54, 1.807) is 0 Å². The minimum Gasteiger partial charge on any atom is -0.378 e. The molecular weight excluding hydrogens is 238 g/mol. The van der Waals surface area contributed by atoms with Crippen molar-refractivity contribution in [3.63, 3.8) is 0 Å². The third kappa shape index (κ3) is 2.63. The van der Waals surface area contributed by atoms with E-state index in [0.29, 0.717) is 6.54 Å². The number of hydrogen-bond acceptors (Lipinski definition) is 3. The maximum atomic E-state index is 12.6. The first-order valence-corrected chi connectivity index (χ1v) is 6.58. The highest BCUT2D eigenvalue weighted by molar-refractivity contribution is 5.83. The van der Waals surface area contributed by atoms with Crippen molar-refractivity contribution in [1.29, 1.82) is 0 Å². The van der Waals surface area contributed by atoms with Crippen LogP contribution in [0.2, 0.25) is 0 Å². The smallest absolute Gasteiger partial charge is 0.194 e. The zero-order chi connectivity index (χ0) is 14.0. The first kappa shape index (κ1) is 13.6. The average molecular weight is 259 g/mol. The van der Waals surface area contributed by atoms with Gasteiger partial charge in [-0.1, -0.05) is 6.92 Å². The molecule has 4 nitrogen and oxygen atoms in total. The van der Waals surface area contributed by atoms with E-state index in [9.17, 15) is 4.79 Å². The number of hydrogen-bond donors (Lipinski definition) is 2. The first-order chi connectivity index (χ1) is 9.04. The number of rotatable bonds is 4. The van der Waals surface area contributed by atoms with E-state index in [4.69, 9.17) is 0 Å². The summed E-state index contributed by atoms with van der Waals surface area (Å²) in [6.45, 7) is 5.45. The molecule has 0 saturated carbocycles. The van der Waals surface area contributed by atoms with E-state index in [0.717, 1.165) is 34.4 Å². The molecule has 0 fully saturated rings. The van der Waals surface area contributed by atoms with Gasteiger partial charge in [0.1, 0.15) is 0 Å². The Morgan fingerprint density at radius 3 is 2.68 bits per heavy atom. The highest BCUT2D eigenvalue weighted by Gasteiger charge is 2.09. The lowest BCUT2D eigenvalue weighted by Gasteiger charge is -2.14. The Hall–Kier alpha value is -1.81. The summed E-state index contributed by atoms with van der Waals surface area (Å²) in [5, 5.41) is 3.97. The fourth-order valence-electron chi connectivity index (χ4n) is 2.18. The number of nitrogens with zero attached hydrogens (tertiary/aromatic N) is 1. The lowest BCUT2D eigenvalue weighted by Crippen LogP contribution is -2.21. The molecule has 1 aromatic heterocycles. The third-order valence-electron chi connectivity index (χ3n) is 3.36. The fraction of sp³-hybridized carbons (Fsp3) is 0.400. The van der Waals surface area contributed by atoms with Crippen molar-refractivity contribution >= 4 is 16.6 Å². The summed E-state index contributed by atoms with van der Waals surface area (Å²) >= 11 is 0. The monoisotopic (exact) mass is 259 g/mol. The molecule has 0 amide bonds. The molecule has 0 atom stereocenters. The Balaban J connectivity index is 2.62. The molecule has 2 N–H and O–H groups in total. The second-order valence-corrected chi connectivity index (χ2v) is 4.96. The van der Waals surface area contributed by atoms with Gasteiger partial charge in [0.15, 0.2) is 5.43 Å². The molecular formula is C15H21N3O. The van der Waals surface area contributed by atoms with Crippen molar-refractivity contribution in [2.24, 2.45) is 0 Å². The van der Waals surface area contributed by atoms with Gasteiger partial charge >= 0.3 is 0 Å². The minimum atomic E-state index is 0.121. The fourth-order valence-corrected chi connectivity index (χ4v) is 2.18. The van der Waals surface area contributed by atoms with Crippen LogP contribution in [-0.4, -0.2) is 25.6 Å². The van der Waals surface area contributed by atoms with Crippen molar-refractivity contribution < 1.29 is 0 Å². The summed E-state index contributed by atoms with van der Waals surface area (Å²) in [5.41, 5.74) is 3.82. The average Bonchev–Trinajstić information content (AvgIpc) is 2.38. The minimum absolute atomic E-state index is 0.121. The van der Waals surface area contributed by atoms with Gasteiger partial charge < -0.3 is 15.2 Å². The number of anilines is 1. The molecule has 2 aromatic rings. The van der Waals surface area contributed by atoms with Gasteiger partial charge in [-0.15, -0.1) is 0 Å². The lowest BCUT2D eigenvalue weighted by molar-refractivity contribution is 0.718. The Bertz CT molecular complexity index is 644. The molecule has 0 unspecified atom stereocenters. The standard InChI is InChI=1S/C15H21N3O/c1-5-16-9-13-10(2)17-14-7-6-11(18(3)4)8-12(14)15(13)19/h6-8,16H,5,9H2,1-4H3,(H,17,19). The topological polar surface area (TPSA) is 48.1 Å². The molecule has 0 bridgehead atoms. The number of pyridine rings is 1. The van der Waals surface area contributed by atoms with Crippen molar-refractivity contribution in [2.45, 2.75) is 20.4 Å². The van der Waals surface area contributed by atoms with Gasteiger partial charge in [-0.25, -0.2) is 0 Å². The molecule has 0 aliphatic heterocycles. The lowest BCUT2D eigenvalue weighted by atomic mass is 10.1. The Morgan fingerprint density at radius 1 is 1.32 bits per heavy atom. The van der Waals surface area contributed by atoms with Crippen LogP contribution in [0.3, 0.4) is 0 Å². The first-order valence-electron chi connectivity index (χ1n) is 6.58. The van der Waals surface area contributed by atoms with Gasteiger partial charge in [-0.05, 0) is 31.7 Å². The number of aromatic nitrogens is 1. The van der Waals surface area contributed by atoms with E-state index >= 15 is 0 Å². The molecule has 4 heteroatoms. The van der Waals surface area contributed by atoms with E-state index in [2.05, 4.69) is 10.3 Å². The van der Waals surface area contributed by atoms with Crippen LogP contribution in [0.5, 0.6) is 0 Å². The molecule has 102 valence electrons. The van der Waals surface area contributed by atoms with Crippen molar-refractivity contribution in [1.82, 2.24) is 10.3 Å². The zero-order valence-electron chi connectivity index (χ0n) is 12.0. The molecule has 0 spiro atoms. The third-order valence-corrected chi connectivity index (χ3v) is 3.36. The highest BCUT2D eigenvalue weighted by Crippen LogP contribution is 2.18. The molecule has 0 aliphatic carbocycles. The molecule has 1 heterocycles. The summed E-state index contributed by atoms with van der Waals surface area (Å²) in [5.74, 6) is 0. The predicted octanol–water partition coefficient (Wildman–Crippen LogP) is 2.01.